The number of carboxylic acid groups (broad SMARTS) is 1. The molecule has 0 saturated heterocycles. The van der Waals surface area contributed by atoms with Crippen molar-refractivity contribution in [1.82, 2.24) is 14.3 Å². The number of aromatic nitrogens is 3. The van der Waals surface area contributed by atoms with E-state index in [-0.39, 0.29) is 28.6 Å². The molecule has 0 bridgehead atoms. The highest BCUT2D eigenvalue weighted by Crippen LogP contribution is 2.31. The molecule has 9 heteroatoms. The number of nitrogens with zero attached hydrogens (tertiary/aromatic N) is 3. The van der Waals surface area contributed by atoms with Gasteiger partial charge in [-0.1, -0.05) is 29.3 Å². The molecule has 0 aliphatic heterocycles. The summed E-state index contributed by atoms with van der Waals surface area (Å²) in [5.74, 6) is -1.66. The predicted octanol–water partition coefficient (Wildman–Crippen LogP) is 5.59. The Bertz CT molecular complexity index is 1410. The fraction of sp³-hybridized carbons (Fsp3) is 0.125. The van der Waals surface area contributed by atoms with E-state index in [4.69, 9.17) is 23.2 Å². The zero-order chi connectivity index (χ0) is 23.7. The Morgan fingerprint density at radius 2 is 1.73 bits per heavy atom. The van der Waals surface area contributed by atoms with Gasteiger partial charge in [0.1, 0.15) is 11.4 Å². The van der Waals surface area contributed by atoms with Crippen LogP contribution in [0.25, 0.3) is 22.5 Å². The van der Waals surface area contributed by atoms with E-state index in [9.17, 15) is 19.1 Å². The van der Waals surface area contributed by atoms with Gasteiger partial charge in [-0.3, -0.25) is 9.48 Å². The first-order valence-corrected chi connectivity index (χ1v) is 10.8. The number of hydrogen-bond donors (Lipinski definition) is 1. The first kappa shape index (κ1) is 22.8. The molecular weight excluding hydrogens is 468 g/mol. The Balaban J connectivity index is 1.82. The molecule has 0 saturated carbocycles. The molecule has 4 rings (SSSR count). The van der Waals surface area contributed by atoms with E-state index in [0.717, 1.165) is 5.56 Å². The largest absolute Gasteiger partial charge is 0.477 e. The van der Waals surface area contributed by atoms with Crippen molar-refractivity contribution in [2.24, 2.45) is 0 Å². The second-order valence-corrected chi connectivity index (χ2v) is 8.12. The number of halogens is 3. The Morgan fingerprint density at radius 1 is 1.03 bits per heavy atom. The van der Waals surface area contributed by atoms with Crippen LogP contribution < -0.4 is 5.43 Å². The van der Waals surface area contributed by atoms with Crippen LogP contribution in [0.2, 0.25) is 10.0 Å². The van der Waals surface area contributed by atoms with Gasteiger partial charge in [0, 0.05) is 35.6 Å². The first-order valence-electron chi connectivity index (χ1n) is 10.0. The van der Waals surface area contributed by atoms with Crippen LogP contribution in [0.5, 0.6) is 0 Å². The smallest absolute Gasteiger partial charge is 0.341 e. The molecule has 0 aliphatic carbocycles. The van der Waals surface area contributed by atoms with Crippen LogP contribution in [-0.2, 0) is 13.1 Å². The zero-order valence-electron chi connectivity index (χ0n) is 17.4. The fourth-order valence-electron chi connectivity index (χ4n) is 3.73. The average molecular weight is 486 g/mol. The summed E-state index contributed by atoms with van der Waals surface area (Å²) in [6, 6.07) is 13.8. The second kappa shape index (κ2) is 9.21. The van der Waals surface area contributed by atoms with E-state index in [1.165, 1.54) is 18.2 Å². The fourth-order valence-corrected chi connectivity index (χ4v) is 4.03. The first-order chi connectivity index (χ1) is 15.8. The molecule has 4 aromatic rings. The number of pyridine rings is 1. The van der Waals surface area contributed by atoms with Gasteiger partial charge in [-0.25, -0.2) is 9.18 Å². The Kier molecular flexibility index (Phi) is 6.35. The van der Waals surface area contributed by atoms with Gasteiger partial charge in [0.15, 0.2) is 5.43 Å². The topological polar surface area (TPSA) is 77.1 Å². The van der Waals surface area contributed by atoms with Crippen LogP contribution in [0.15, 0.2) is 65.6 Å². The van der Waals surface area contributed by atoms with Crippen molar-refractivity contribution in [3.05, 3.63) is 98.1 Å². The van der Waals surface area contributed by atoms with Crippen LogP contribution in [0.4, 0.5) is 4.39 Å². The maximum atomic E-state index is 13.2. The SMILES string of the molecule is CCn1c(Cn2ccc(-c3ccc(F)cc3)n2)cc(=O)c(C(=O)O)c1-c1ccc(Cl)c(Cl)c1. The summed E-state index contributed by atoms with van der Waals surface area (Å²) in [5.41, 5.74) is 1.73. The van der Waals surface area contributed by atoms with Gasteiger partial charge >= 0.3 is 5.97 Å². The minimum Gasteiger partial charge on any atom is -0.477 e. The third kappa shape index (κ3) is 4.55. The number of benzene rings is 2. The lowest BCUT2D eigenvalue weighted by molar-refractivity contribution is 0.0695. The monoisotopic (exact) mass is 485 g/mol. The van der Waals surface area contributed by atoms with E-state index >= 15 is 0 Å². The molecule has 2 aromatic carbocycles. The van der Waals surface area contributed by atoms with Crippen LogP contribution in [0.1, 0.15) is 23.0 Å². The summed E-state index contributed by atoms with van der Waals surface area (Å²) in [4.78, 5) is 24.8. The average Bonchev–Trinajstić information content (AvgIpc) is 3.24. The quantitative estimate of drug-likeness (QED) is 0.386. The number of carboxylic acids is 1. The van der Waals surface area contributed by atoms with E-state index in [1.54, 1.807) is 51.8 Å². The van der Waals surface area contributed by atoms with Crippen molar-refractivity contribution in [2.75, 3.05) is 0 Å². The molecule has 0 unspecified atom stereocenters. The maximum Gasteiger partial charge on any atom is 0.341 e. The van der Waals surface area contributed by atoms with Gasteiger partial charge in [-0.05, 0) is 49.4 Å². The molecule has 0 radical (unpaired) electrons. The van der Waals surface area contributed by atoms with E-state index in [2.05, 4.69) is 5.10 Å². The molecule has 0 fully saturated rings. The Morgan fingerprint density at radius 3 is 2.36 bits per heavy atom. The zero-order valence-corrected chi connectivity index (χ0v) is 18.9. The number of hydrogen-bond acceptors (Lipinski definition) is 3. The highest BCUT2D eigenvalue weighted by atomic mass is 35.5. The van der Waals surface area contributed by atoms with Gasteiger partial charge < -0.3 is 9.67 Å². The molecule has 1 N–H and O–H groups in total. The van der Waals surface area contributed by atoms with Crippen molar-refractivity contribution in [3.8, 4) is 22.5 Å². The molecule has 2 heterocycles. The molecule has 6 nitrogen and oxygen atoms in total. The summed E-state index contributed by atoms with van der Waals surface area (Å²) in [7, 11) is 0. The lowest BCUT2D eigenvalue weighted by Gasteiger charge is -2.20. The van der Waals surface area contributed by atoms with Crippen LogP contribution in [0, 0.1) is 5.82 Å². The van der Waals surface area contributed by atoms with E-state index < -0.39 is 11.4 Å². The summed E-state index contributed by atoms with van der Waals surface area (Å²) in [5, 5.41) is 14.9. The Labute approximate surface area is 198 Å². The number of carbonyl (C=O) groups is 1. The lowest BCUT2D eigenvalue weighted by atomic mass is 10.0. The highest BCUT2D eigenvalue weighted by Gasteiger charge is 2.22. The molecule has 0 aliphatic rings. The molecular formula is C24H18Cl2FN3O3. The van der Waals surface area contributed by atoms with Crippen LogP contribution in [0.3, 0.4) is 0 Å². The molecule has 0 amide bonds. The second-order valence-electron chi connectivity index (χ2n) is 7.31. The highest BCUT2D eigenvalue weighted by molar-refractivity contribution is 6.42. The normalized spacial score (nSPS) is 11.0. The van der Waals surface area contributed by atoms with Gasteiger partial charge in [0.25, 0.3) is 0 Å². The molecule has 0 spiro atoms. The van der Waals surface area contributed by atoms with Crippen molar-refractivity contribution in [2.45, 2.75) is 20.0 Å². The maximum absolute atomic E-state index is 13.2. The number of aromatic carboxylic acids is 1. The lowest BCUT2D eigenvalue weighted by Crippen LogP contribution is -2.24. The number of rotatable bonds is 6. The van der Waals surface area contributed by atoms with Gasteiger partial charge in [-0.15, -0.1) is 0 Å². The van der Waals surface area contributed by atoms with Crippen molar-refractivity contribution in [1.29, 1.82) is 0 Å². The van der Waals surface area contributed by atoms with E-state index in [0.29, 0.717) is 28.5 Å². The van der Waals surface area contributed by atoms with Crippen molar-refractivity contribution >= 4 is 29.2 Å². The standard InChI is InChI=1S/C24H18Cl2FN3O3/c1-2-30-17(13-29-10-9-20(28-29)14-3-6-16(27)7-4-14)12-21(31)22(24(32)33)23(30)15-5-8-18(25)19(26)11-15/h3-12H,2,13H2,1H3,(H,32,33). The van der Waals surface area contributed by atoms with Crippen molar-refractivity contribution < 1.29 is 14.3 Å². The van der Waals surface area contributed by atoms with Crippen LogP contribution >= 0.6 is 23.2 Å². The van der Waals surface area contributed by atoms with Crippen LogP contribution in [-0.4, -0.2) is 25.4 Å². The van der Waals surface area contributed by atoms with Gasteiger partial charge in [-0.2, -0.15) is 5.10 Å². The van der Waals surface area contributed by atoms with Crippen molar-refractivity contribution in [3.63, 3.8) is 0 Å². The summed E-state index contributed by atoms with van der Waals surface area (Å²) in [6.07, 6.45) is 1.74. The third-order valence-corrected chi connectivity index (χ3v) is 5.96. The summed E-state index contributed by atoms with van der Waals surface area (Å²) < 4.78 is 16.6. The predicted molar refractivity (Wildman–Crippen MR) is 126 cm³/mol. The summed E-state index contributed by atoms with van der Waals surface area (Å²) in [6.45, 7) is 2.48. The molecule has 33 heavy (non-hydrogen) atoms. The molecule has 0 atom stereocenters. The minimum absolute atomic E-state index is 0.221. The molecule has 168 valence electrons. The molecule has 2 aromatic heterocycles. The van der Waals surface area contributed by atoms with Gasteiger partial charge in [0.05, 0.1) is 28.0 Å². The Hall–Kier alpha value is -3.42. The third-order valence-electron chi connectivity index (χ3n) is 5.23. The van der Waals surface area contributed by atoms with Gasteiger partial charge in [0.2, 0.25) is 0 Å². The van der Waals surface area contributed by atoms with E-state index in [1.807, 2.05) is 6.92 Å². The summed E-state index contributed by atoms with van der Waals surface area (Å²) >= 11 is 12.2. The minimum atomic E-state index is -1.33.